The van der Waals surface area contributed by atoms with Gasteiger partial charge in [0.05, 0.1) is 0 Å². The van der Waals surface area contributed by atoms with Crippen LogP contribution < -0.4 is 10.6 Å². The van der Waals surface area contributed by atoms with Crippen molar-refractivity contribution >= 4 is 11.8 Å². The van der Waals surface area contributed by atoms with Crippen LogP contribution in [0.4, 0.5) is 0 Å². The largest absolute Gasteiger partial charge is 0.342 e. The number of carbonyl (C=O) groups is 2. The summed E-state index contributed by atoms with van der Waals surface area (Å²) in [5, 5.41) is 6.49. The van der Waals surface area contributed by atoms with Crippen LogP contribution in [0.5, 0.6) is 0 Å². The van der Waals surface area contributed by atoms with E-state index in [1.54, 1.807) is 4.90 Å². The fraction of sp³-hybridized carbons (Fsp3) is 0.440. The minimum Gasteiger partial charge on any atom is -0.342 e. The zero-order chi connectivity index (χ0) is 21.3. The average molecular weight is 406 g/mol. The number of nitrogens with zero attached hydrogens (tertiary/aromatic N) is 1. The Morgan fingerprint density at radius 2 is 1.70 bits per heavy atom. The number of carbonyl (C=O) groups excluding carboxylic acids is 2. The fourth-order valence-electron chi connectivity index (χ4n) is 4.38. The molecule has 5 heteroatoms. The lowest BCUT2D eigenvalue weighted by atomic mass is 9.87. The van der Waals surface area contributed by atoms with E-state index in [9.17, 15) is 9.59 Å². The Kier molecular flexibility index (Phi) is 5.65. The highest BCUT2D eigenvalue weighted by molar-refractivity contribution is 5.97. The van der Waals surface area contributed by atoms with E-state index < -0.39 is 6.04 Å². The topological polar surface area (TPSA) is 61.4 Å². The predicted molar refractivity (Wildman–Crippen MR) is 118 cm³/mol. The van der Waals surface area contributed by atoms with Gasteiger partial charge in [-0.2, -0.15) is 0 Å². The van der Waals surface area contributed by atoms with Crippen molar-refractivity contribution in [3.63, 3.8) is 0 Å². The van der Waals surface area contributed by atoms with Gasteiger partial charge in [0.25, 0.3) is 0 Å². The van der Waals surface area contributed by atoms with E-state index in [-0.39, 0.29) is 29.3 Å². The number of rotatable bonds is 5. The third kappa shape index (κ3) is 4.41. The fourth-order valence-corrected chi connectivity index (χ4v) is 4.38. The van der Waals surface area contributed by atoms with Gasteiger partial charge >= 0.3 is 0 Å². The molecule has 0 unspecified atom stereocenters. The number of amides is 2. The van der Waals surface area contributed by atoms with Crippen LogP contribution in [-0.2, 0) is 28.0 Å². The standard InChI is InChI=1S/C25H31N3O2/c1-25(2,3)19-11-9-18(10-12-19)15-26-20-14-22-23(29)27-21(24(30)28(22)16-20)13-17-7-5-4-6-8-17/h4-12,20-22,26H,13-16H2,1-3H3,(H,27,29)/t20-,21-,22-/m0/s1. The molecule has 2 aliphatic heterocycles. The number of benzene rings is 2. The maximum atomic E-state index is 13.0. The Hall–Kier alpha value is -2.66. The molecule has 0 bridgehead atoms. The highest BCUT2D eigenvalue weighted by Gasteiger charge is 2.46. The molecule has 2 fully saturated rings. The highest BCUT2D eigenvalue weighted by atomic mass is 16.2. The SMILES string of the molecule is CC(C)(C)c1ccc(CN[C@H]2C[C@H]3C(=O)N[C@@H](Cc4ccccc4)C(=O)N3C2)cc1. The normalized spacial score (nSPS) is 24.0. The van der Waals surface area contributed by atoms with Gasteiger partial charge in [0.1, 0.15) is 12.1 Å². The maximum absolute atomic E-state index is 13.0. The summed E-state index contributed by atoms with van der Waals surface area (Å²) in [5.74, 6) is -0.00311. The quantitative estimate of drug-likeness (QED) is 0.804. The second kappa shape index (κ2) is 8.23. The van der Waals surface area contributed by atoms with Gasteiger partial charge in [-0.1, -0.05) is 75.4 Å². The molecule has 30 heavy (non-hydrogen) atoms. The molecule has 2 aromatic carbocycles. The summed E-state index contributed by atoms with van der Waals surface area (Å²) in [6.07, 6.45) is 1.20. The van der Waals surface area contributed by atoms with Crippen molar-refractivity contribution in [3.8, 4) is 0 Å². The summed E-state index contributed by atoms with van der Waals surface area (Å²) < 4.78 is 0. The van der Waals surface area contributed by atoms with Gasteiger partial charge in [0.2, 0.25) is 11.8 Å². The number of hydrogen-bond donors (Lipinski definition) is 2. The Labute approximate surface area is 178 Å². The molecule has 0 radical (unpaired) electrons. The van der Waals surface area contributed by atoms with Crippen LogP contribution in [0.25, 0.3) is 0 Å². The van der Waals surface area contributed by atoms with E-state index in [1.165, 1.54) is 11.1 Å². The minimum absolute atomic E-state index is 0.0299. The molecule has 0 aliphatic carbocycles. The van der Waals surface area contributed by atoms with Crippen LogP contribution in [0.2, 0.25) is 0 Å². The molecule has 0 saturated carbocycles. The third-order valence-electron chi connectivity index (χ3n) is 6.20. The second-order valence-electron chi connectivity index (χ2n) is 9.52. The first-order chi connectivity index (χ1) is 14.3. The molecule has 3 atom stereocenters. The first kappa shape index (κ1) is 20.6. The molecule has 2 aliphatic rings. The lowest BCUT2D eigenvalue weighted by Gasteiger charge is -2.34. The van der Waals surface area contributed by atoms with E-state index in [4.69, 9.17) is 0 Å². The van der Waals surface area contributed by atoms with Gasteiger partial charge < -0.3 is 15.5 Å². The van der Waals surface area contributed by atoms with Crippen LogP contribution in [0.1, 0.15) is 43.9 Å². The molecule has 2 N–H and O–H groups in total. The van der Waals surface area contributed by atoms with Crippen LogP contribution in [-0.4, -0.2) is 41.4 Å². The van der Waals surface area contributed by atoms with Gasteiger partial charge in [-0.3, -0.25) is 9.59 Å². The first-order valence-electron chi connectivity index (χ1n) is 10.8. The molecular weight excluding hydrogens is 374 g/mol. The van der Waals surface area contributed by atoms with Crippen molar-refractivity contribution in [3.05, 3.63) is 71.3 Å². The number of nitrogens with one attached hydrogen (secondary N) is 2. The lowest BCUT2D eigenvalue weighted by molar-refractivity contribution is -0.147. The summed E-state index contributed by atoms with van der Waals surface area (Å²) >= 11 is 0. The van der Waals surface area contributed by atoms with Crippen molar-refractivity contribution in [1.82, 2.24) is 15.5 Å². The number of hydrogen-bond acceptors (Lipinski definition) is 3. The van der Waals surface area contributed by atoms with Crippen molar-refractivity contribution in [2.24, 2.45) is 0 Å². The minimum atomic E-state index is -0.472. The molecule has 2 heterocycles. The summed E-state index contributed by atoms with van der Waals surface area (Å²) in [7, 11) is 0. The average Bonchev–Trinajstić information content (AvgIpc) is 3.16. The van der Waals surface area contributed by atoms with Gasteiger partial charge in [0.15, 0.2) is 0 Å². The highest BCUT2D eigenvalue weighted by Crippen LogP contribution is 2.25. The van der Waals surface area contributed by atoms with Gasteiger partial charge in [-0.25, -0.2) is 0 Å². The maximum Gasteiger partial charge on any atom is 0.246 e. The van der Waals surface area contributed by atoms with Gasteiger partial charge in [0, 0.05) is 25.6 Å². The van der Waals surface area contributed by atoms with E-state index in [2.05, 4.69) is 55.7 Å². The molecule has 4 rings (SSSR count). The molecular formula is C25H31N3O2. The predicted octanol–water partition coefficient (Wildman–Crippen LogP) is 2.78. The summed E-state index contributed by atoms with van der Waals surface area (Å²) in [6.45, 7) is 7.95. The molecule has 2 aromatic rings. The van der Waals surface area contributed by atoms with E-state index in [1.807, 2.05) is 30.3 Å². The first-order valence-corrected chi connectivity index (χ1v) is 10.8. The number of fused-ring (bicyclic) bond motifs is 1. The van der Waals surface area contributed by atoms with Crippen LogP contribution >= 0.6 is 0 Å². The van der Waals surface area contributed by atoms with Crippen LogP contribution in [0.15, 0.2) is 54.6 Å². The van der Waals surface area contributed by atoms with Crippen molar-refractivity contribution < 1.29 is 9.59 Å². The Morgan fingerprint density at radius 1 is 1.00 bits per heavy atom. The van der Waals surface area contributed by atoms with Crippen molar-refractivity contribution in [1.29, 1.82) is 0 Å². The molecule has 2 saturated heterocycles. The molecule has 0 aromatic heterocycles. The monoisotopic (exact) mass is 405 g/mol. The lowest BCUT2D eigenvalue weighted by Crippen LogP contribution is -2.61. The Bertz CT molecular complexity index is 902. The summed E-state index contributed by atoms with van der Waals surface area (Å²) in [4.78, 5) is 27.4. The molecule has 0 spiro atoms. The smallest absolute Gasteiger partial charge is 0.246 e. The zero-order valence-electron chi connectivity index (χ0n) is 18.0. The summed E-state index contributed by atoms with van der Waals surface area (Å²) in [5.41, 5.74) is 3.73. The van der Waals surface area contributed by atoms with Crippen LogP contribution in [0.3, 0.4) is 0 Å². The van der Waals surface area contributed by atoms with E-state index >= 15 is 0 Å². The molecule has 2 amide bonds. The van der Waals surface area contributed by atoms with Gasteiger partial charge in [-0.15, -0.1) is 0 Å². The number of piperazine rings is 1. The van der Waals surface area contributed by atoms with E-state index in [0.29, 0.717) is 19.4 Å². The van der Waals surface area contributed by atoms with E-state index in [0.717, 1.165) is 12.1 Å². The second-order valence-corrected chi connectivity index (χ2v) is 9.52. The zero-order valence-corrected chi connectivity index (χ0v) is 18.0. The Morgan fingerprint density at radius 3 is 2.37 bits per heavy atom. The molecule has 158 valence electrons. The third-order valence-corrected chi connectivity index (χ3v) is 6.20. The van der Waals surface area contributed by atoms with Gasteiger partial charge in [-0.05, 0) is 28.5 Å². The summed E-state index contributed by atoms with van der Waals surface area (Å²) in [6, 6.07) is 17.8. The van der Waals surface area contributed by atoms with Crippen LogP contribution in [0, 0.1) is 0 Å². The Balaban J connectivity index is 1.35. The van der Waals surface area contributed by atoms with Crippen molar-refractivity contribution in [2.75, 3.05) is 6.54 Å². The van der Waals surface area contributed by atoms with Crippen molar-refractivity contribution in [2.45, 2.75) is 63.7 Å². The molecule has 5 nitrogen and oxygen atoms in total.